The van der Waals surface area contributed by atoms with Gasteiger partial charge in [0.15, 0.2) is 5.75 Å². The van der Waals surface area contributed by atoms with Crippen LogP contribution >= 0.6 is 34.8 Å². The lowest BCUT2D eigenvalue weighted by Gasteiger charge is -2.25. The Kier molecular flexibility index (Phi) is 5.09. The summed E-state index contributed by atoms with van der Waals surface area (Å²) in [6.45, 7) is 1.86. The van der Waals surface area contributed by atoms with Gasteiger partial charge in [0.25, 0.3) is 0 Å². The van der Waals surface area contributed by atoms with Gasteiger partial charge in [-0.2, -0.15) is 0 Å². The summed E-state index contributed by atoms with van der Waals surface area (Å²) in [6.07, 6.45) is 4.41. The lowest BCUT2D eigenvalue weighted by Crippen LogP contribution is -2.21. The molecule has 1 fully saturated rings. The van der Waals surface area contributed by atoms with Crippen molar-refractivity contribution in [1.29, 1.82) is 0 Å². The van der Waals surface area contributed by atoms with Gasteiger partial charge in [-0.1, -0.05) is 40.9 Å². The predicted molar refractivity (Wildman–Crippen MR) is 90.1 cm³/mol. The molecule has 0 aliphatic carbocycles. The first-order valence-electron chi connectivity index (χ1n) is 7.07. The second kappa shape index (κ2) is 7.05. The molecule has 1 aromatic heterocycles. The molecule has 1 N–H and O–H groups in total. The number of hydrogen-bond acceptors (Lipinski definition) is 3. The molecular formula is C16H15Cl3N2O. The van der Waals surface area contributed by atoms with Gasteiger partial charge in [-0.25, -0.2) is 0 Å². The fourth-order valence-corrected chi connectivity index (χ4v) is 3.27. The minimum absolute atomic E-state index is 0.169. The Morgan fingerprint density at radius 1 is 1.18 bits per heavy atom. The average Bonchev–Trinajstić information content (AvgIpc) is 3.06. The van der Waals surface area contributed by atoms with E-state index >= 15 is 0 Å². The number of nitrogens with zero attached hydrogens (tertiary/aromatic N) is 1. The Bertz CT molecular complexity index is 645. The minimum Gasteiger partial charge on any atom is -0.482 e. The van der Waals surface area contributed by atoms with Crippen LogP contribution in [-0.4, -0.2) is 18.1 Å². The molecule has 0 radical (unpaired) electrons. The van der Waals surface area contributed by atoms with Crippen LogP contribution in [0.4, 0.5) is 0 Å². The Hall–Kier alpha value is -1.00. The summed E-state index contributed by atoms with van der Waals surface area (Å²) in [4.78, 5) is 4.19. The molecule has 1 saturated heterocycles. The van der Waals surface area contributed by atoms with Crippen LogP contribution in [-0.2, 0) is 0 Å². The highest BCUT2D eigenvalue weighted by atomic mass is 35.5. The van der Waals surface area contributed by atoms with Crippen molar-refractivity contribution in [3.05, 3.63) is 57.3 Å². The molecular weight excluding hydrogens is 343 g/mol. The molecule has 6 heteroatoms. The molecule has 0 bridgehead atoms. The summed E-state index contributed by atoms with van der Waals surface area (Å²) < 4.78 is 6.20. The summed E-state index contributed by atoms with van der Waals surface area (Å²) in [7, 11) is 0. The third-order valence-electron chi connectivity index (χ3n) is 3.79. The van der Waals surface area contributed by atoms with Crippen molar-refractivity contribution in [3.63, 3.8) is 0 Å². The van der Waals surface area contributed by atoms with Crippen molar-refractivity contribution >= 4 is 34.8 Å². The second-order valence-corrected chi connectivity index (χ2v) is 6.44. The van der Waals surface area contributed by atoms with Crippen LogP contribution < -0.4 is 10.1 Å². The highest BCUT2D eigenvalue weighted by Gasteiger charge is 2.29. The molecule has 0 spiro atoms. The maximum atomic E-state index is 6.26. The van der Waals surface area contributed by atoms with E-state index in [-0.39, 0.29) is 6.10 Å². The Labute approximate surface area is 144 Å². The summed E-state index contributed by atoms with van der Waals surface area (Å²) in [6, 6.07) is 7.26. The van der Waals surface area contributed by atoms with Gasteiger partial charge in [-0.15, -0.1) is 0 Å². The topological polar surface area (TPSA) is 34.1 Å². The molecule has 2 aromatic rings. The fraction of sp³-hybridized carbons (Fsp3) is 0.312. The van der Waals surface area contributed by atoms with E-state index in [0.29, 0.717) is 26.7 Å². The van der Waals surface area contributed by atoms with E-state index < -0.39 is 0 Å². The van der Waals surface area contributed by atoms with E-state index in [1.165, 1.54) is 0 Å². The molecule has 2 heterocycles. The number of aromatic nitrogens is 1. The summed E-state index contributed by atoms with van der Waals surface area (Å²) >= 11 is 18.6. The van der Waals surface area contributed by atoms with Crippen LogP contribution in [0.3, 0.4) is 0 Å². The van der Waals surface area contributed by atoms with Gasteiger partial charge >= 0.3 is 0 Å². The van der Waals surface area contributed by atoms with Crippen LogP contribution in [0, 0.1) is 5.92 Å². The van der Waals surface area contributed by atoms with Gasteiger partial charge in [0.2, 0.25) is 0 Å². The van der Waals surface area contributed by atoms with Crippen LogP contribution in [0.15, 0.2) is 36.7 Å². The minimum atomic E-state index is -0.169. The largest absolute Gasteiger partial charge is 0.482 e. The Morgan fingerprint density at radius 2 is 2.00 bits per heavy atom. The van der Waals surface area contributed by atoms with Crippen molar-refractivity contribution in [2.75, 3.05) is 13.1 Å². The first-order valence-corrected chi connectivity index (χ1v) is 8.21. The number of rotatable bonds is 4. The monoisotopic (exact) mass is 356 g/mol. The molecule has 3 nitrogen and oxygen atoms in total. The molecule has 1 aliphatic heterocycles. The maximum absolute atomic E-state index is 6.26. The van der Waals surface area contributed by atoms with E-state index in [9.17, 15) is 0 Å². The third-order valence-corrected chi connectivity index (χ3v) is 4.87. The number of hydrogen-bond donors (Lipinski definition) is 1. The first-order chi connectivity index (χ1) is 10.7. The van der Waals surface area contributed by atoms with Crippen LogP contribution in [0.1, 0.15) is 18.1 Å². The van der Waals surface area contributed by atoms with Gasteiger partial charge in [-0.3, -0.25) is 4.98 Å². The predicted octanol–water partition coefficient (Wildman–Crippen LogP) is 4.77. The molecule has 0 unspecified atom stereocenters. The molecule has 1 aromatic carbocycles. The van der Waals surface area contributed by atoms with Gasteiger partial charge in [0.1, 0.15) is 11.1 Å². The normalized spacial score (nSPS) is 19.1. The molecule has 3 rings (SSSR count). The standard InChI is InChI=1S/C16H15Cl3N2O/c17-12-3-4-13(18)16(14(12)19)22-15(11-5-7-21-9-11)10-2-1-6-20-8-10/h1-4,6,8,11,15,21H,5,7,9H2/t11-,15-/m1/s1. The van der Waals surface area contributed by atoms with Crippen molar-refractivity contribution in [1.82, 2.24) is 10.3 Å². The number of ether oxygens (including phenoxy) is 1. The van der Waals surface area contributed by atoms with Crippen LogP contribution in [0.2, 0.25) is 15.1 Å². The first kappa shape index (κ1) is 15.9. The molecule has 22 heavy (non-hydrogen) atoms. The van der Waals surface area contributed by atoms with E-state index in [1.54, 1.807) is 18.3 Å². The highest BCUT2D eigenvalue weighted by Crippen LogP contribution is 2.42. The number of pyridine rings is 1. The number of nitrogens with one attached hydrogen (secondary N) is 1. The van der Waals surface area contributed by atoms with Crippen molar-refractivity contribution in [2.45, 2.75) is 12.5 Å². The van der Waals surface area contributed by atoms with E-state index in [4.69, 9.17) is 39.5 Å². The van der Waals surface area contributed by atoms with Crippen LogP contribution in [0.25, 0.3) is 0 Å². The lowest BCUT2D eigenvalue weighted by molar-refractivity contribution is 0.144. The molecule has 116 valence electrons. The Morgan fingerprint density at radius 3 is 2.68 bits per heavy atom. The molecule has 0 saturated carbocycles. The Balaban J connectivity index is 1.95. The molecule has 1 aliphatic rings. The van der Waals surface area contributed by atoms with Gasteiger partial charge in [0, 0.05) is 30.4 Å². The molecule has 0 amide bonds. The van der Waals surface area contributed by atoms with Crippen molar-refractivity contribution in [2.24, 2.45) is 5.92 Å². The van der Waals surface area contributed by atoms with Gasteiger partial charge < -0.3 is 10.1 Å². The lowest BCUT2D eigenvalue weighted by atomic mass is 9.96. The van der Waals surface area contributed by atoms with Gasteiger partial charge in [0.05, 0.1) is 10.0 Å². The summed E-state index contributed by atoms with van der Waals surface area (Å²) in [5.74, 6) is 0.756. The SMILES string of the molecule is Clc1ccc(Cl)c(O[C@H](c2cccnc2)[C@@H]2CCNC2)c1Cl. The number of benzene rings is 1. The fourth-order valence-electron chi connectivity index (χ4n) is 2.66. The smallest absolute Gasteiger partial charge is 0.158 e. The average molecular weight is 358 g/mol. The number of halogens is 3. The quantitative estimate of drug-likeness (QED) is 0.800. The zero-order chi connectivity index (χ0) is 15.5. The summed E-state index contributed by atoms with van der Waals surface area (Å²) in [5, 5.41) is 4.58. The zero-order valence-electron chi connectivity index (χ0n) is 11.7. The zero-order valence-corrected chi connectivity index (χ0v) is 14.0. The van der Waals surface area contributed by atoms with Crippen molar-refractivity contribution in [3.8, 4) is 5.75 Å². The molecule has 2 atom stereocenters. The third kappa shape index (κ3) is 3.33. The van der Waals surface area contributed by atoms with E-state index in [2.05, 4.69) is 10.3 Å². The van der Waals surface area contributed by atoms with Gasteiger partial charge in [-0.05, 0) is 31.2 Å². The van der Waals surface area contributed by atoms with Crippen LogP contribution in [0.5, 0.6) is 5.75 Å². The highest BCUT2D eigenvalue weighted by molar-refractivity contribution is 6.44. The van der Waals surface area contributed by atoms with E-state index in [1.807, 2.05) is 18.3 Å². The van der Waals surface area contributed by atoms with E-state index in [0.717, 1.165) is 25.1 Å². The second-order valence-electron chi connectivity index (χ2n) is 5.25. The summed E-state index contributed by atoms with van der Waals surface area (Å²) in [5.41, 5.74) is 1.00. The van der Waals surface area contributed by atoms with Crippen molar-refractivity contribution < 1.29 is 4.74 Å². The maximum Gasteiger partial charge on any atom is 0.158 e.